The Labute approximate surface area is 99.3 Å². The predicted molar refractivity (Wildman–Crippen MR) is 64.1 cm³/mol. The lowest BCUT2D eigenvalue weighted by Gasteiger charge is -2.12. The van der Waals surface area contributed by atoms with Gasteiger partial charge in [0, 0.05) is 18.1 Å². The van der Waals surface area contributed by atoms with E-state index in [1.807, 2.05) is 24.5 Å². The first-order valence-electron chi connectivity index (χ1n) is 5.29. The van der Waals surface area contributed by atoms with Crippen LogP contribution in [-0.2, 0) is 0 Å². The molecule has 0 aromatic carbocycles. The maximum atomic E-state index is 11.5. The molecular weight excluding hydrogens is 216 g/mol. The molecule has 0 spiro atoms. The van der Waals surface area contributed by atoms with Crippen molar-refractivity contribution in [2.75, 3.05) is 0 Å². The molecule has 1 amide bonds. The Morgan fingerprint density at radius 2 is 2.06 bits per heavy atom. The van der Waals surface area contributed by atoms with Crippen molar-refractivity contribution in [2.45, 2.75) is 20.8 Å². The molecule has 2 rings (SSSR count). The largest absolute Gasteiger partial charge is 0.365 e. The normalized spacial score (nSPS) is 10.5. The van der Waals surface area contributed by atoms with E-state index in [9.17, 15) is 4.79 Å². The fraction of sp³-hybridized carbons (Fsp3) is 0.250. The standard InChI is InChI=1S/C12H14N4O/c1-7-6-10(16-5-4-14-9(16)3)11(12(13)17)8(2)15-7/h4-6H,1-3H3,(H2,13,17). The molecule has 17 heavy (non-hydrogen) atoms. The van der Waals surface area contributed by atoms with E-state index in [2.05, 4.69) is 9.97 Å². The second-order valence-corrected chi connectivity index (χ2v) is 3.95. The molecule has 0 radical (unpaired) electrons. The highest BCUT2D eigenvalue weighted by Crippen LogP contribution is 2.19. The van der Waals surface area contributed by atoms with Gasteiger partial charge in [0.1, 0.15) is 5.82 Å². The summed E-state index contributed by atoms with van der Waals surface area (Å²) >= 11 is 0. The number of hydrogen-bond acceptors (Lipinski definition) is 3. The second-order valence-electron chi connectivity index (χ2n) is 3.95. The number of aromatic nitrogens is 3. The third kappa shape index (κ3) is 1.91. The van der Waals surface area contributed by atoms with Gasteiger partial charge in [-0.25, -0.2) is 4.98 Å². The van der Waals surface area contributed by atoms with E-state index in [4.69, 9.17) is 5.73 Å². The molecule has 2 aromatic heterocycles. The van der Waals surface area contributed by atoms with Crippen LogP contribution in [0.4, 0.5) is 0 Å². The number of hydrogen-bond donors (Lipinski definition) is 1. The molecule has 0 saturated carbocycles. The fourth-order valence-corrected chi connectivity index (χ4v) is 1.94. The van der Waals surface area contributed by atoms with Gasteiger partial charge in [0.25, 0.3) is 5.91 Å². The van der Waals surface area contributed by atoms with Crippen LogP contribution < -0.4 is 5.73 Å². The smallest absolute Gasteiger partial charge is 0.252 e. The highest BCUT2D eigenvalue weighted by Gasteiger charge is 2.15. The van der Waals surface area contributed by atoms with E-state index in [1.54, 1.807) is 19.3 Å². The van der Waals surface area contributed by atoms with Gasteiger partial charge in [0.2, 0.25) is 0 Å². The van der Waals surface area contributed by atoms with Crippen molar-refractivity contribution < 1.29 is 4.79 Å². The first-order valence-corrected chi connectivity index (χ1v) is 5.29. The van der Waals surface area contributed by atoms with Gasteiger partial charge in [-0.1, -0.05) is 0 Å². The van der Waals surface area contributed by atoms with Gasteiger partial charge in [-0.2, -0.15) is 0 Å². The molecule has 88 valence electrons. The van der Waals surface area contributed by atoms with Crippen molar-refractivity contribution in [1.29, 1.82) is 0 Å². The predicted octanol–water partition coefficient (Wildman–Crippen LogP) is 1.29. The number of nitrogens with zero attached hydrogens (tertiary/aromatic N) is 3. The Hall–Kier alpha value is -2.17. The Bertz CT molecular complexity index is 586. The summed E-state index contributed by atoms with van der Waals surface area (Å²) < 4.78 is 1.84. The van der Waals surface area contributed by atoms with E-state index in [0.717, 1.165) is 17.2 Å². The summed E-state index contributed by atoms with van der Waals surface area (Å²) in [5.74, 6) is 0.329. The summed E-state index contributed by atoms with van der Waals surface area (Å²) in [7, 11) is 0. The maximum Gasteiger partial charge on any atom is 0.252 e. The highest BCUT2D eigenvalue weighted by atomic mass is 16.1. The van der Waals surface area contributed by atoms with Crippen LogP contribution in [0, 0.1) is 20.8 Å². The van der Waals surface area contributed by atoms with Gasteiger partial charge in [-0.15, -0.1) is 0 Å². The molecule has 0 fully saturated rings. The quantitative estimate of drug-likeness (QED) is 0.844. The second kappa shape index (κ2) is 4.01. The summed E-state index contributed by atoms with van der Waals surface area (Å²) in [4.78, 5) is 19.9. The Kier molecular flexibility index (Phi) is 2.67. The van der Waals surface area contributed by atoms with Crippen molar-refractivity contribution in [3.05, 3.63) is 41.2 Å². The van der Waals surface area contributed by atoms with Crippen molar-refractivity contribution in [2.24, 2.45) is 5.73 Å². The van der Waals surface area contributed by atoms with E-state index in [1.165, 1.54) is 0 Å². The molecule has 2 heterocycles. The number of nitrogens with two attached hydrogens (primary N) is 1. The van der Waals surface area contributed by atoms with Crippen LogP contribution in [0.25, 0.3) is 5.69 Å². The van der Waals surface area contributed by atoms with E-state index < -0.39 is 5.91 Å². The monoisotopic (exact) mass is 230 g/mol. The SMILES string of the molecule is Cc1cc(-n2ccnc2C)c(C(N)=O)c(C)n1. The number of rotatable bonds is 2. The molecule has 2 aromatic rings. The van der Waals surface area contributed by atoms with Crippen molar-refractivity contribution in [3.8, 4) is 5.69 Å². The molecule has 0 aliphatic rings. The molecule has 5 nitrogen and oxygen atoms in total. The number of amides is 1. The minimum Gasteiger partial charge on any atom is -0.365 e. The average molecular weight is 230 g/mol. The van der Waals surface area contributed by atoms with Gasteiger partial charge < -0.3 is 10.3 Å². The number of primary amides is 1. The molecule has 5 heteroatoms. The summed E-state index contributed by atoms with van der Waals surface area (Å²) in [6.07, 6.45) is 3.49. The number of carbonyl (C=O) groups excluding carboxylic acids is 1. The molecule has 0 unspecified atom stereocenters. The third-order valence-electron chi connectivity index (χ3n) is 2.64. The van der Waals surface area contributed by atoms with Crippen LogP contribution in [0.15, 0.2) is 18.5 Å². The zero-order chi connectivity index (χ0) is 12.6. The first kappa shape index (κ1) is 11.3. The van der Waals surface area contributed by atoms with Crippen LogP contribution >= 0.6 is 0 Å². The van der Waals surface area contributed by atoms with Gasteiger partial charge in [0.15, 0.2) is 0 Å². The highest BCUT2D eigenvalue weighted by molar-refractivity contribution is 5.97. The fourth-order valence-electron chi connectivity index (χ4n) is 1.94. The Morgan fingerprint density at radius 1 is 1.35 bits per heavy atom. The molecule has 0 bridgehead atoms. The van der Waals surface area contributed by atoms with Crippen molar-refractivity contribution >= 4 is 5.91 Å². The van der Waals surface area contributed by atoms with Crippen LogP contribution in [0.1, 0.15) is 27.6 Å². The molecular formula is C12H14N4O. The zero-order valence-electron chi connectivity index (χ0n) is 10.1. The Balaban J connectivity index is 2.76. The molecule has 0 aliphatic heterocycles. The summed E-state index contributed by atoms with van der Waals surface area (Å²) in [6.45, 7) is 5.53. The lowest BCUT2D eigenvalue weighted by molar-refractivity contribution is 0.0999. The molecule has 0 saturated heterocycles. The summed E-state index contributed by atoms with van der Waals surface area (Å²) in [6, 6.07) is 1.84. The van der Waals surface area contributed by atoms with Crippen LogP contribution in [0.3, 0.4) is 0 Å². The van der Waals surface area contributed by atoms with E-state index >= 15 is 0 Å². The van der Waals surface area contributed by atoms with Crippen molar-refractivity contribution in [3.63, 3.8) is 0 Å². The lowest BCUT2D eigenvalue weighted by Crippen LogP contribution is -2.18. The van der Waals surface area contributed by atoms with Gasteiger partial charge in [0.05, 0.1) is 16.9 Å². The lowest BCUT2D eigenvalue weighted by atomic mass is 10.1. The van der Waals surface area contributed by atoms with Gasteiger partial charge in [-0.05, 0) is 26.8 Å². The average Bonchev–Trinajstić information content (AvgIpc) is 2.62. The number of imidazole rings is 1. The molecule has 0 aliphatic carbocycles. The van der Waals surface area contributed by atoms with Gasteiger partial charge in [-0.3, -0.25) is 9.78 Å². The number of pyridine rings is 1. The summed E-state index contributed by atoms with van der Waals surface area (Å²) in [5, 5.41) is 0. The van der Waals surface area contributed by atoms with Crippen LogP contribution in [0.5, 0.6) is 0 Å². The topological polar surface area (TPSA) is 73.8 Å². The maximum absolute atomic E-state index is 11.5. The van der Waals surface area contributed by atoms with E-state index in [0.29, 0.717) is 11.3 Å². The van der Waals surface area contributed by atoms with Crippen LogP contribution in [0.2, 0.25) is 0 Å². The minimum atomic E-state index is -0.474. The van der Waals surface area contributed by atoms with Gasteiger partial charge >= 0.3 is 0 Å². The minimum absolute atomic E-state index is 0.441. The summed E-state index contributed by atoms with van der Waals surface area (Å²) in [5.41, 5.74) is 8.07. The first-order chi connectivity index (χ1) is 8.00. The number of aryl methyl sites for hydroxylation is 3. The third-order valence-corrected chi connectivity index (χ3v) is 2.64. The molecule has 2 N–H and O–H groups in total. The van der Waals surface area contributed by atoms with Crippen LogP contribution in [-0.4, -0.2) is 20.4 Å². The number of carbonyl (C=O) groups is 1. The Morgan fingerprint density at radius 3 is 2.59 bits per heavy atom. The van der Waals surface area contributed by atoms with Crippen molar-refractivity contribution in [1.82, 2.24) is 14.5 Å². The molecule has 0 atom stereocenters. The zero-order valence-corrected chi connectivity index (χ0v) is 10.1. The van der Waals surface area contributed by atoms with E-state index in [-0.39, 0.29) is 0 Å².